The van der Waals surface area contributed by atoms with Crippen LogP contribution >= 0.6 is 11.8 Å². The van der Waals surface area contributed by atoms with Gasteiger partial charge in [-0.2, -0.15) is 0 Å². The molecule has 7 heteroatoms. The fraction of sp³-hybridized carbons (Fsp3) is 0.375. The van der Waals surface area contributed by atoms with Crippen LogP contribution in [-0.2, 0) is 11.3 Å². The summed E-state index contributed by atoms with van der Waals surface area (Å²) in [7, 11) is 0. The number of aromatic nitrogens is 3. The number of carbonyl (C=O) groups excluding carboxylic acids is 1. The summed E-state index contributed by atoms with van der Waals surface area (Å²) in [5, 5.41) is 0.928. The molecule has 1 saturated heterocycles. The summed E-state index contributed by atoms with van der Waals surface area (Å²) in [5.41, 5.74) is 3.87. The summed E-state index contributed by atoms with van der Waals surface area (Å²) >= 11 is 1.54. The quantitative estimate of drug-likeness (QED) is 0.396. The van der Waals surface area contributed by atoms with E-state index in [-0.39, 0.29) is 11.8 Å². The molecular weight excluding hydrogens is 408 g/mol. The first-order chi connectivity index (χ1) is 15.2. The lowest BCUT2D eigenvalue weighted by atomic mass is 9.97. The summed E-state index contributed by atoms with van der Waals surface area (Å²) < 4.78 is 8.17. The van der Waals surface area contributed by atoms with Crippen molar-refractivity contribution in [2.75, 3.05) is 18.8 Å². The van der Waals surface area contributed by atoms with Crippen molar-refractivity contribution in [3.05, 3.63) is 54.4 Å². The van der Waals surface area contributed by atoms with Crippen molar-refractivity contribution >= 4 is 39.8 Å². The van der Waals surface area contributed by atoms with Gasteiger partial charge in [0.25, 0.3) is 0 Å². The Labute approximate surface area is 185 Å². The molecule has 0 aliphatic carbocycles. The molecule has 5 rings (SSSR count). The maximum absolute atomic E-state index is 12.9. The van der Waals surface area contributed by atoms with Crippen LogP contribution in [0.1, 0.15) is 38.0 Å². The molecule has 4 aromatic rings. The molecule has 1 fully saturated rings. The second-order valence-electron chi connectivity index (χ2n) is 8.00. The van der Waals surface area contributed by atoms with E-state index < -0.39 is 0 Å². The molecule has 2 aromatic carbocycles. The maximum Gasteiger partial charge on any atom is 0.233 e. The monoisotopic (exact) mass is 434 g/mol. The molecule has 0 bridgehead atoms. The summed E-state index contributed by atoms with van der Waals surface area (Å²) in [4.78, 5) is 24.2. The number of likely N-dealkylation sites (tertiary alicyclic amines) is 1. The van der Waals surface area contributed by atoms with Crippen LogP contribution in [0.15, 0.2) is 58.1 Å². The van der Waals surface area contributed by atoms with Crippen LogP contribution in [-0.4, -0.2) is 44.2 Å². The number of aryl methyl sites for hydroxylation is 1. The minimum atomic E-state index is 0.177. The van der Waals surface area contributed by atoms with Gasteiger partial charge in [-0.25, -0.2) is 9.97 Å². The number of piperidine rings is 1. The van der Waals surface area contributed by atoms with E-state index in [1.54, 1.807) is 11.8 Å². The van der Waals surface area contributed by atoms with E-state index in [1.807, 2.05) is 47.4 Å². The van der Waals surface area contributed by atoms with Crippen molar-refractivity contribution in [2.45, 2.75) is 43.8 Å². The Kier molecular flexibility index (Phi) is 5.68. The predicted molar refractivity (Wildman–Crippen MR) is 123 cm³/mol. The van der Waals surface area contributed by atoms with Crippen LogP contribution in [0.2, 0.25) is 0 Å². The van der Waals surface area contributed by atoms with Crippen LogP contribution in [0.4, 0.5) is 0 Å². The molecule has 0 saturated carbocycles. The van der Waals surface area contributed by atoms with Gasteiger partial charge in [0.15, 0.2) is 16.6 Å². The van der Waals surface area contributed by atoms with Crippen molar-refractivity contribution in [3.8, 4) is 0 Å². The normalized spacial score (nSPS) is 15.2. The van der Waals surface area contributed by atoms with Crippen LogP contribution in [0.5, 0.6) is 0 Å². The third-order valence-electron chi connectivity index (χ3n) is 5.90. The fourth-order valence-electron chi connectivity index (χ4n) is 4.26. The Morgan fingerprint density at radius 1 is 1.06 bits per heavy atom. The average Bonchev–Trinajstić information content (AvgIpc) is 3.39. The number of imidazole rings is 1. The first-order valence-corrected chi connectivity index (χ1v) is 11.9. The third-order valence-corrected chi connectivity index (χ3v) is 6.86. The number of carbonyl (C=O) groups is 1. The van der Waals surface area contributed by atoms with Crippen molar-refractivity contribution in [3.63, 3.8) is 0 Å². The number of para-hydroxylation sites is 4. The van der Waals surface area contributed by atoms with Gasteiger partial charge < -0.3 is 13.9 Å². The minimum Gasteiger partial charge on any atom is -0.440 e. The topological polar surface area (TPSA) is 64.2 Å². The highest BCUT2D eigenvalue weighted by Crippen LogP contribution is 2.31. The zero-order chi connectivity index (χ0) is 21.2. The molecule has 0 spiro atoms. The van der Waals surface area contributed by atoms with Crippen molar-refractivity contribution in [1.29, 1.82) is 0 Å². The zero-order valence-electron chi connectivity index (χ0n) is 17.7. The number of rotatable bonds is 6. The number of fused-ring (bicyclic) bond motifs is 2. The van der Waals surface area contributed by atoms with E-state index in [1.165, 1.54) is 0 Å². The standard InChI is InChI=1S/C24H26N4O2S/c1-2-13-28-20-9-5-3-7-18(20)26-24(28)31-16-22(29)27-14-11-17(12-15-27)23-25-19-8-4-6-10-21(19)30-23/h3-10,17H,2,11-16H2,1H3. The maximum atomic E-state index is 12.9. The SMILES string of the molecule is CCCn1c(SCC(=O)N2CCC(c3nc4ccccc4o3)CC2)nc2ccccc21. The first kappa shape index (κ1) is 20.1. The molecule has 1 amide bonds. The summed E-state index contributed by atoms with van der Waals surface area (Å²) in [5.74, 6) is 1.67. The van der Waals surface area contributed by atoms with Gasteiger partial charge in [0.1, 0.15) is 5.52 Å². The van der Waals surface area contributed by atoms with Crippen LogP contribution < -0.4 is 0 Å². The molecule has 0 radical (unpaired) electrons. The highest BCUT2D eigenvalue weighted by atomic mass is 32.2. The van der Waals surface area contributed by atoms with Crippen molar-refractivity contribution in [2.24, 2.45) is 0 Å². The van der Waals surface area contributed by atoms with Gasteiger partial charge in [0, 0.05) is 25.6 Å². The third kappa shape index (κ3) is 4.06. The highest BCUT2D eigenvalue weighted by Gasteiger charge is 2.27. The lowest BCUT2D eigenvalue weighted by Gasteiger charge is -2.30. The molecule has 1 aliphatic rings. The lowest BCUT2D eigenvalue weighted by Crippen LogP contribution is -2.39. The van der Waals surface area contributed by atoms with Gasteiger partial charge in [-0.15, -0.1) is 0 Å². The van der Waals surface area contributed by atoms with Crippen molar-refractivity contribution < 1.29 is 9.21 Å². The van der Waals surface area contributed by atoms with Crippen LogP contribution in [0, 0.1) is 0 Å². The van der Waals surface area contributed by atoms with Gasteiger partial charge in [-0.3, -0.25) is 4.79 Å². The molecule has 0 atom stereocenters. The second kappa shape index (κ2) is 8.75. The Hall–Kier alpha value is -2.80. The van der Waals surface area contributed by atoms with Gasteiger partial charge in [-0.1, -0.05) is 43.0 Å². The molecule has 0 N–H and O–H groups in total. The van der Waals surface area contributed by atoms with E-state index >= 15 is 0 Å². The summed E-state index contributed by atoms with van der Waals surface area (Å²) in [6.45, 7) is 4.56. The van der Waals surface area contributed by atoms with Gasteiger partial charge in [-0.05, 0) is 43.5 Å². The number of hydrogen-bond donors (Lipinski definition) is 0. The smallest absolute Gasteiger partial charge is 0.233 e. The second-order valence-corrected chi connectivity index (χ2v) is 8.94. The molecule has 1 aliphatic heterocycles. The molecule has 0 unspecified atom stereocenters. The van der Waals surface area contributed by atoms with Gasteiger partial charge >= 0.3 is 0 Å². The van der Waals surface area contributed by atoms with Crippen LogP contribution in [0.3, 0.4) is 0 Å². The number of benzene rings is 2. The average molecular weight is 435 g/mol. The highest BCUT2D eigenvalue weighted by molar-refractivity contribution is 7.99. The summed E-state index contributed by atoms with van der Waals surface area (Å²) in [6, 6.07) is 16.0. The molecule has 31 heavy (non-hydrogen) atoms. The predicted octanol–water partition coefficient (Wildman–Crippen LogP) is 5.09. The van der Waals surface area contributed by atoms with Crippen molar-refractivity contribution in [1.82, 2.24) is 19.4 Å². The zero-order valence-corrected chi connectivity index (χ0v) is 18.5. The van der Waals surface area contributed by atoms with E-state index in [4.69, 9.17) is 9.40 Å². The first-order valence-electron chi connectivity index (χ1n) is 10.9. The number of amides is 1. The molecule has 160 valence electrons. The van der Waals surface area contributed by atoms with E-state index in [0.717, 1.165) is 72.1 Å². The lowest BCUT2D eigenvalue weighted by molar-refractivity contribution is -0.129. The number of hydrogen-bond acceptors (Lipinski definition) is 5. The largest absolute Gasteiger partial charge is 0.440 e. The Morgan fingerprint density at radius 2 is 1.81 bits per heavy atom. The van der Waals surface area contributed by atoms with E-state index in [2.05, 4.69) is 22.5 Å². The Bertz CT molecular complexity index is 1170. The summed E-state index contributed by atoms with van der Waals surface area (Å²) in [6.07, 6.45) is 2.81. The molecule has 6 nitrogen and oxygen atoms in total. The molecule has 3 heterocycles. The fourth-order valence-corrected chi connectivity index (χ4v) is 5.20. The minimum absolute atomic E-state index is 0.177. The Morgan fingerprint density at radius 3 is 2.58 bits per heavy atom. The van der Waals surface area contributed by atoms with E-state index in [0.29, 0.717) is 5.75 Å². The molecule has 2 aromatic heterocycles. The number of oxazole rings is 1. The van der Waals surface area contributed by atoms with Crippen LogP contribution in [0.25, 0.3) is 22.1 Å². The van der Waals surface area contributed by atoms with Gasteiger partial charge in [0.2, 0.25) is 5.91 Å². The molecular formula is C24H26N4O2S. The number of thioether (sulfide) groups is 1. The van der Waals surface area contributed by atoms with Gasteiger partial charge in [0.05, 0.1) is 16.8 Å². The van der Waals surface area contributed by atoms with E-state index in [9.17, 15) is 4.79 Å². The number of nitrogens with zero attached hydrogens (tertiary/aromatic N) is 4. The Balaban J connectivity index is 1.20.